The molecule has 1 aliphatic heterocycles. The van der Waals surface area contributed by atoms with Crippen LogP contribution >= 0.6 is 0 Å². The first-order valence-electron chi connectivity index (χ1n) is 8.30. The van der Waals surface area contributed by atoms with E-state index in [2.05, 4.69) is 35.0 Å². The summed E-state index contributed by atoms with van der Waals surface area (Å²) in [7, 11) is 0. The highest BCUT2D eigenvalue weighted by Crippen LogP contribution is 2.38. The summed E-state index contributed by atoms with van der Waals surface area (Å²) in [6, 6.07) is 0. The van der Waals surface area contributed by atoms with Crippen molar-refractivity contribution in [3.63, 3.8) is 0 Å². The van der Waals surface area contributed by atoms with Crippen LogP contribution in [0.15, 0.2) is 23.2 Å². The maximum absolute atomic E-state index is 5.38. The first-order valence-corrected chi connectivity index (χ1v) is 8.30. The largest absolute Gasteiger partial charge is 0.353 e. The van der Waals surface area contributed by atoms with Crippen LogP contribution in [0.25, 0.3) is 5.65 Å². The van der Waals surface area contributed by atoms with Gasteiger partial charge in [-0.25, -0.2) is 4.98 Å². The van der Waals surface area contributed by atoms with Gasteiger partial charge in [0, 0.05) is 32.1 Å². The van der Waals surface area contributed by atoms with Crippen molar-refractivity contribution < 1.29 is 4.52 Å². The zero-order valence-corrected chi connectivity index (χ0v) is 13.2. The van der Waals surface area contributed by atoms with Gasteiger partial charge in [-0.1, -0.05) is 5.16 Å². The maximum Gasteiger partial charge on any atom is 0.240 e. The highest BCUT2D eigenvalue weighted by molar-refractivity contribution is 5.46. The summed E-state index contributed by atoms with van der Waals surface area (Å²) in [5.41, 5.74) is 0.772. The van der Waals surface area contributed by atoms with Crippen LogP contribution in [0.1, 0.15) is 30.5 Å². The van der Waals surface area contributed by atoms with Gasteiger partial charge in [-0.3, -0.25) is 9.88 Å². The van der Waals surface area contributed by atoms with E-state index in [4.69, 9.17) is 4.52 Å². The molecule has 0 bridgehead atoms. The van der Waals surface area contributed by atoms with Crippen molar-refractivity contribution >= 4 is 11.5 Å². The summed E-state index contributed by atoms with van der Waals surface area (Å²) in [6.07, 6.45) is 7.51. The van der Waals surface area contributed by atoms with Gasteiger partial charge < -0.3 is 9.42 Å². The fourth-order valence-electron chi connectivity index (χ4n) is 3.12. The fourth-order valence-corrected chi connectivity index (χ4v) is 3.12. The second-order valence-electron chi connectivity index (χ2n) is 6.38. The SMILES string of the molecule is c1nc2cncc(N3CCN(Cc4nc(C5CC5)no4)CC3)n2n1. The van der Waals surface area contributed by atoms with Crippen molar-refractivity contribution in [2.45, 2.75) is 25.3 Å². The van der Waals surface area contributed by atoms with Crippen LogP contribution in [-0.4, -0.2) is 60.8 Å². The molecule has 0 radical (unpaired) electrons. The van der Waals surface area contributed by atoms with Gasteiger partial charge in [0.05, 0.1) is 18.9 Å². The van der Waals surface area contributed by atoms with E-state index in [1.54, 1.807) is 12.5 Å². The maximum atomic E-state index is 5.38. The molecule has 0 N–H and O–H groups in total. The average molecular weight is 326 g/mol. The molecule has 0 spiro atoms. The smallest absolute Gasteiger partial charge is 0.240 e. The van der Waals surface area contributed by atoms with Gasteiger partial charge in [-0.15, -0.1) is 0 Å². The van der Waals surface area contributed by atoms with Crippen molar-refractivity contribution in [1.82, 2.24) is 34.6 Å². The average Bonchev–Trinajstić information content (AvgIpc) is 3.17. The summed E-state index contributed by atoms with van der Waals surface area (Å²) < 4.78 is 7.21. The molecule has 24 heavy (non-hydrogen) atoms. The molecule has 2 fully saturated rings. The van der Waals surface area contributed by atoms with Crippen LogP contribution in [-0.2, 0) is 6.54 Å². The van der Waals surface area contributed by atoms with E-state index in [9.17, 15) is 0 Å². The summed E-state index contributed by atoms with van der Waals surface area (Å²) in [5, 5.41) is 8.37. The summed E-state index contributed by atoms with van der Waals surface area (Å²) in [6.45, 7) is 4.41. The van der Waals surface area contributed by atoms with E-state index in [0.717, 1.165) is 55.9 Å². The molecule has 0 atom stereocenters. The van der Waals surface area contributed by atoms with Gasteiger partial charge in [0.25, 0.3) is 0 Å². The molecule has 3 aromatic heterocycles. The Hall–Kier alpha value is -2.55. The van der Waals surface area contributed by atoms with E-state index >= 15 is 0 Å². The predicted molar refractivity (Wildman–Crippen MR) is 84.5 cm³/mol. The van der Waals surface area contributed by atoms with E-state index in [1.807, 2.05) is 10.7 Å². The number of hydrogen-bond acceptors (Lipinski definition) is 8. The first-order chi connectivity index (χ1) is 11.9. The Kier molecular flexibility index (Phi) is 3.18. The van der Waals surface area contributed by atoms with Crippen LogP contribution < -0.4 is 4.90 Å². The third kappa shape index (κ3) is 2.50. The van der Waals surface area contributed by atoms with E-state index in [-0.39, 0.29) is 0 Å². The van der Waals surface area contributed by atoms with Crippen molar-refractivity contribution in [2.24, 2.45) is 0 Å². The third-order valence-electron chi connectivity index (χ3n) is 4.65. The Balaban J connectivity index is 1.24. The quantitative estimate of drug-likeness (QED) is 0.692. The van der Waals surface area contributed by atoms with E-state index in [1.165, 1.54) is 12.8 Å². The molecule has 0 amide bonds. The Labute approximate surface area is 138 Å². The number of piperazine rings is 1. The summed E-state index contributed by atoms with van der Waals surface area (Å²) in [4.78, 5) is 17.6. The highest BCUT2D eigenvalue weighted by atomic mass is 16.5. The van der Waals surface area contributed by atoms with Crippen molar-refractivity contribution in [3.8, 4) is 0 Å². The molecular weight excluding hydrogens is 308 g/mol. The molecule has 124 valence electrons. The van der Waals surface area contributed by atoms with Gasteiger partial charge in [-0.05, 0) is 12.8 Å². The van der Waals surface area contributed by atoms with Gasteiger partial charge in [0.2, 0.25) is 5.89 Å². The van der Waals surface area contributed by atoms with Crippen LogP contribution in [0.5, 0.6) is 0 Å². The Bertz CT molecular complexity index is 846. The Morgan fingerprint density at radius 2 is 2.00 bits per heavy atom. The van der Waals surface area contributed by atoms with Crippen molar-refractivity contribution in [2.75, 3.05) is 31.1 Å². The standard InChI is InChI=1S/C15H18N8O/c1-2-11(1)15-19-13(24-20-15)9-21-3-5-22(6-4-21)14-8-16-7-12-17-10-18-23(12)14/h7-8,10-11H,1-6,9H2. The lowest BCUT2D eigenvalue weighted by Gasteiger charge is -2.34. The number of nitrogens with zero attached hydrogens (tertiary/aromatic N) is 8. The third-order valence-corrected chi connectivity index (χ3v) is 4.65. The van der Waals surface area contributed by atoms with Crippen LogP contribution in [0, 0.1) is 0 Å². The molecule has 3 aromatic rings. The second-order valence-corrected chi connectivity index (χ2v) is 6.38. The first kappa shape index (κ1) is 13.8. The van der Waals surface area contributed by atoms with Crippen LogP contribution in [0.3, 0.4) is 0 Å². The minimum absolute atomic E-state index is 0.537. The van der Waals surface area contributed by atoms with Gasteiger partial charge in [-0.2, -0.15) is 14.6 Å². The van der Waals surface area contributed by atoms with Crippen molar-refractivity contribution in [1.29, 1.82) is 0 Å². The number of rotatable bonds is 4. The number of anilines is 1. The Morgan fingerprint density at radius 3 is 2.83 bits per heavy atom. The molecular formula is C15H18N8O. The summed E-state index contributed by atoms with van der Waals surface area (Å²) >= 11 is 0. The number of aromatic nitrogens is 6. The van der Waals surface area contributed by atoms with Crippen LogP contribution in [0.2, 0.25) is 0 Å². The van der Waals surface area contributed by atoms with Gasteiger partial charge >= 0.3 is 0 Å². The lowest BCUT2D eigenvalue weighted by Crippen LogP contribution is -2.46. The highest BCUT2D eigenvalue weighted by Gasteiger charge is 2.29. The normalized spacial score (nSPS) is 19.2. The summed E-state index contributed by atoms with van der Waals surface area (Å²) in [5.74, 6) is 3.13. The topological polar surface area (TPSA) is 88.5 Å². The molecule has 1 saturated heterocycles. The molecule has 5 rings (SSSR count). The van der Waals surface area contributed by atoms with Gasteiger partial charge in [0.1, 0.15) is 6.33 Å². The van der Waals surface area contributed by atoms with Crippen LogP contribution in [0.4, 0.5) is 5.82 Å². The monoisotopic (exact) mass is 326 g/mol. The van der Waals surface area contributed by atoms with Gasteiger partial charge in [0.15, 0.2) is 17.3 Å². The van der Waals surface area contributed by atoms with E-state index < -0.39 is 0 Å². The zero-order valence-electron chi connectivity index (χ0n) is 13.2. The lowest BCUT2D eigenvalue weighted by atomic mass is 10.3. The predicted octanol–water partition coefficient (Wildman–Crippen LogP) is 0.707. The molecule has 1 saturated carbocycles. The molecule has 2 aliphatic rings. The molecule has 1 aliphatic carbocycles. The number of hydrogen-bond donors (Lipinski definition) is 0. The van der Waals surface area contributed by atoms with Crippen molar-refractivity contribution in [3.05, 3.63) is 30.4 Å². The van der Waals surface area contributed by atoms with E-state index in [0.29, 0.717) is 5.92 Å². The zero-order chi connectivity index (χ0) is 15.9. The Morgan fingerprint density at radius 1 is 1.12 bits per heavy atom. The fraction of sp³-hybridized carbons (Fsp3) is 0.533. The molecule has 9 nitrogen and oxygen atoms in total. The minimum Gasteiger partial charge on any atom is -0.353 e. The second kappa shape index (κ2) is 5.52. The molecule has 0 aromatic carbocycles. The number of fused-ring (bicyclic) bond motifs is 1. The lowest BCUT2D eigenvalue weighted by molar-refractivity contribution is 0.214. The molecule has 9 heteroatoms. The molecule has 4 heterocycles. The molecule has 0 unspecified atom stereocenters. The minimum atomic E-state index is 0.537.